The van der Waals surface area contributed by atoms with Crippen LogP contribution in [0.25, 0.3) is 0 Å². The third-order valence-electron chi connectivity index (χ3n) is 2.72. The Balaban J connectivity index is 3.92. The van der Waals surface area contributed by atoms with Crippen LogP contribution in [0.1, 0.15) is 33.6 Å². The SMILES string of the molecule is CCOC(CN)CN(C)C(CC)CC. The molecule has 0 saturated heterocycles. The van der Waals surface area contributed by atoms with Crippen LogP contribution in [0.15, 0.2) is 0 Å². The highest BCUT2D eigenvalue weighted by atomic mass is 16.5. The summed E-state index contributed by atoms with van der Waals surface area (Å²) in [6.07, 6.45) is 2.57. The molecule has 0 bridgehead atoms. The number of hydrogen-bond acceptors (Lipinski definition) is 3. The molecule has 14 heavy (non-hydrogen) atoms. The lowest BCUT2D eigenvalue weighted by Gasteiger charge is -2.29. The summed E-state index contributed by atoms with van der Waals surface area (Å²) in [5.41, 5.74) is 5.64. The number of likely N-dealkylation sites (N-methyl/N-ethyl adjacent to an activating group) is 1. The van der Waals surface area contributed by atoms with Gasteiger partial charge in [-0.1, -0.05) is 13.8 Å². The zero-order chi connectivity index (χ0) is 11.0. The van der Waals surface area contributed by atoms with Crippen molar-refractivity contribution in [2.24, 2.45) is 5.73 Å². The molecule has 0 rings (SSSR count). The number of ether oxygens (including phenoxy) is 1. The highest BCUT2D eigenvalue weighted by Crippen LogP contribution is 2.07. The van der Waals surface area contributed by atoms with E-state index in [0.29, 0.717) is 12.6 Å². The third kappa shape index (κ3) is 4.94. The summed E-state index contributed by atoms with van der Waals surface area (Å²) in [6.45, 7) is 8.76. The van der Waals surface area contributed by atoms with Crippen LogP contribution in [0.3, 0.4) is 0 Å². The van der Waals surface area contributed by atoms with Gasteiger partial charge < -0.3 is 15.4 Å². The molecule has 1 atom stereocenters. The van der Waals surface area contributed by atoms with Gasteiger partial charge in [-0.2, -0.15) is 0 Å². The minimum atomic E-state index is 0.186. The molecule has 0 aliphatic rings. The van der Waals surface area contributed by atoms with Crippen molar-refractivity contribution in [2.45, 2.75) is 45.8 Å². The predicted molar refractivity (Wildman–Crippen MR) is 61.5 cm³/mol. The van der Waals surface area contributed by atoms with E-state index in [1.807, 2.05) is 6.92 Å². The van der Waals surface area contributed by atoms with Crippen LogP contribution in [-0.4, -0.2) is 43.8 Å². The van der Waals surface area contributed by atoms with Gasteiger partial charge in [0.25, 0.3) is 0 Å². The Labute approximate surface area is 88.6 Å². The maximum absolute atomic E-state index is 5.64. The molecule has 2 N–H and O–H groups in total. The lowest BCUT2D eigenvalue weighted by molar-refractivity contribution is 0.0345. The Morgan fingerprint density at radius 3 is 2.14 bits per heavy atom. The summed E-state index contributed by atoms with van der Waals surface area (Å²) < 4.78 is 5.53. The number of hydrogen-bond donors (Lipinski definition) is 1. The highest BCUT2D eigenvalue weighted by Gasteiger charge is 2.15. The predicted octanol–water partition coefficient (Wildman–Crippen LogP) is 1.47. The fourth-order valence-corrected chi connectivity index (χ4v) is 1.81. The fourth-order valence-electron chi connectivity index (χ4n) is 1.81. The first kappa shape index (κ1) is 13.9. The van der Waals surface area contributed by atoms with Gasteiger partial charge in [0.15, 0.2) is 0 Å². The molecule has 86 valence electrons. The lowest BCUT2D eigenvalue weighted by atomic mass is 10.1. The van der Waals surface area contributed by atoms with E-state index in [4.69, 9.17) is 10.5 Å². The van der Waals surface area contributed by atoms with E-state index in [9.17, 15) is 0 Å². The van der Waals surface area contributed by atoms with Crippen LogP contribution in [0.5, 0.6) is 0 Å². The first-order chi connectivity index (χ1) is 6.69. The molecule has 1 unspecified atom stereocenters. The van der Waals surface area contributed by atoms with Crippen LogP contribution in [-0.2, 0) is 4.74 Å². The third-order valence-corrected chi connectivity index (χ3v) is 2.72. The Hall–Kier alpha value is -0.120. The molecule has 0 aliphatic carbocycles. The molecule has 0 fully saturated rings. The highest BCUT2D eigenvalue weighted by molar-refractivity contribution is 4.70. The topological polar surface area (TPSA) is 38.5 Å². The quantitative estimate of drug-likeness (QED) is 0.648. The van der Waals surface area contributed by atoms with Crippen LogP contribution in [0.2, 0.25) is 0 Å². The average Bonchev–Trinajstić information content (AvgIpc) is 2.19. The van der Waals surface area contributed by atoms with Gasteiger partial charge in [-0.3, -0.25) is 0 Å². The summed E-state index contributed by atoms with van der Waals surface area (Å²) in [5.74, 6) is 0. The van der Waals surface area contributed by atoms with Gasteiger partial charge in [-0.15, -0.1) is 0 Å². The molecule has 0 aliphatic heterocycles. The van der Waals surface area contributed by atoms with E-state index in [1.54, 1.807) is 0 Å². The maximum atomic E-state index is 5.64. The molecule has 0 aromatic rings. The summed E-state index contributed by atoms with van der Waals surface area (Å²) in [7, 11) is 2.15. The van der Waals surface area contributed by atoms with Crippen molar-refractivity contribution in [3.05, 3.63) is 0 Å². The van der Waals surface area contributed by atoms with Gasteiger partial charge in [0.1, 0.15) is 0 Å². The van der Waals surface area contributed by atoms with E-state index in [2.05, 4.69) is 25.8 Å². The first-order valence-electron chi connectivity index (χ1n) is 5.71. The van der Waals surface area contributed by atoms with Crippen LogP contribution in [0.4, 0.5) is 0 Å². The Kier molecular flexibility index (Phi) is 8.14. The second-order valence-corrected chi connectivity index (χ2v) is 3.72. The summed E-state index contributed by atoms with van der Waals surface area (Å²) >= 11 is 0. The lowest BCUT2D eigenvalue weighted by Crippen LogP contribution is -2.41. The van der Waals surface area contributed by atoms with E-state index in [1.165, 1.54) is 12.8 Å². The molecule has 0 aromatic carbocycles. The van der Waals surface area contributed by atoms with Gasteiger partial charge in [0.05, 0.1) is 6.10 Å². The van der Waals surface area contributed by atoms with Gasteiger partial charge in [-0.25, -0.2) is 0 Å². The largest absolute Gasteiger partial charge is 0.376 e. The van der Waals surface area contributed by atoms with Crippen molar-refractivity contribution < 1.29 is 4.74 Å². The van der Waals surface area contributed by atoms with Crippen molar-refractivity contribution in [3.8, 4) is 0 Å². The van der Waals surface area contributed by atoms with Crippen molar-refractivity contribution >= 4 is 0 Å². The van der Waals surface area contributed by atoms with Gasteiger partial charge in [0, 0.05) is 25.7 Å². The van der Waals surface area contributed by atoms with E-state index in [0.717, 1.165) is 13.2 Å². The summed E-state index contributed by atoms with van der Waals surface area (Å²) in [4.78, 5) is 2.35. The van der Waals surface area contributed by atoms with Gasteiger partial charge in [0.2, 0.25) is 0 Å². The van der Waals surface area contributed by atoms with Crippen LogP contribution in [0, 0.1) is 0 Å². The van der Waals surface area contributed by atoms with Crippen molar-refractivity contribution in [3.63, 3.8) is 0 Å². The molecule has 0 amide bonds. The zero-order valence-corrected chi connectivity index (χ0v) is 10.1. The number of nitrogens with two attached hydrogens (primary N) is 1. The molecular formula is C11H26N2O. The van der Waals surface area contributed by atoms with Gasteiger partial charge >= 0.3 is 0 Å². The van der Waals surface area contributed by atoms with Crippen molar-refractivity contribution in [2.75, 3.05) is 26.7 Å². The Morgan fingerprint density at radius 1 is 1.21 bits per heavy atom. The normalized spacial score (nSPS) is 13.9. The van der Waals surface area contributed by atoms with Crippen molar-refractivity contribution in [1.29, 1.82) is 0 Å². The molecule has 0 aromatic heterocycles. The maximum Gasteiger partial charge on any atom is 0.0823 e. The van der Waals surface area contributed by atoms with Crippen LogP contribution < -0.4 is 5.73 Å². The first-order valence-corrected chi connectivity index (χ1v) is 5.71. The van der Waals surface area contributed by atoms with Gasteiger partial charge in [-0.05, 0) is 26.8 Å². The minimum absolute atomic E-state index is 0.186. The molecule has 0 heterocycles. The Morgan fingerprint density at radius 2 is 1.79 bits per heavy atom. The smallest absolute Gasteiger partial charge is 0.0823 e. The summed E-state index contributed by atoms with van der Waals surface area (Å²) in [6, 6.07) is 0.657. The zero-order valence-electron chi connectivity index (χ0n) is 10.1. The minimum Gasteiger partial charge on any atom is -0.376 e. The number of rotatable bonds is 8. The standard InChI is InChI=1S/C11H26N2O/c1-5-10(6-2)13(4)9-11(8-12)14-7-3/h10-11H,5-9,12H2,1-4H3. The molecule has 0 spiro atoms. The average molecular weight is 202 g/mol. The van der Waals surface area contributed by atoms with E-state index in [-0.39, 0.29) is 6.10 Å². The van der Waals surface area contributed by atoms with Crippen molar-refractivity contribution in [1.82, 2.24) is 4.90 Å². The van der Waals surface area contributed by atoms with Crippen LogP contribution >= 0.6 is 0 Å². The summed E-state index contributed by atoms with van der Waals surface area (Å²) in [5, 5.41) is 0. The fraction of sp³-hybridized carbons (Fsp3) is 1.00. The molecule has 3 nitrogen and oxygen atoms in total. The second-order valence-electron chi connectivity index (χ2n) is 3.72. The van der Waals surface area contributed by atoms with E-state index < -0.39 is 0 Å². The molecule has 0 radical (unpaired) electrons. The number of nitrogens with zero attached hydrogens (tertiary/aromatic N) is 1. The Bertz CT molecular complexity index is 126. The molecule has 3 heteroatoms. The molecular weight excluding hydrogens is 176 g/mol. The van der Waals surface area contributed by atoms with E-state index >= 15 is 0 Å². The molecule has 0 saturated carbocycles. The second kappa shape index (κ2) is 8.21. The monoisotopic (exact) mass is 202 g/mol.